The second-order valence-corrected chi connectivity index (χ2v) is 5.41. The zero-order chi connectivity index (χ0) is 13.6. The number of carbonyl (C=O) groups is 1. The lowest BCUT2D eigenvalue weighted by Crippen LogP contribution is -2.30. The summed E-state index contributed by atoms with van der Waals surface area (Å²) in [6, 6.07) is 6.24. The average molecular weight is 267 g/mol. The molecule has 5 heteroatoms. The molecule has 0 aromatic heterocycles. The van der Waals surface area contributed by atoms with E-state index in [0.717, 1.165) is 18.4 Å². The van der Waals surface area contributed by atoms with E-state index in [1.807, 2.05) is 6.92 Å². The Bertz CT molecular complexity index is 512. The van der Waals surface area contributed by atoms with Crippen LogP contribution in [-0.4, -0.2) is 12.5 Å². The van der Waals surface area contributed by atoms with Crippen LogP contribution in [0.3, 0.4) is 0 Å². The molecule has 1 aromatic carbocycles. The molecule has 0 aliphatic heterocycles. The van der Waals surface area contributed by atoms with E-state index in [1.54, 1.807) is 12.1 Å². The predicted octanol–water partition coefficient (Wildman–Crippen LogP) is 2.88. The van der Waals surface area contributed by atoms with Gasteiger partial charge in [0, 0.05) is 0 Å². The number of rotatable bonds is 5. The van der Waals surface area contributed by atoms with Crippen LogP contribution in [0.15, 0.2) is 24.3 Å². The molecule has 19 heavy (non-hydrogen) atoms. The van der Waals surface area contributed by atoms with Crippen molar-refractivity contribution in [3.05, 3.63) is 29.8 Å². The fourth-order valence-corrected chi connectivity index (χ4v) is 2.46. The highest BCUT2D eigenvalue weighted by Gasteiger charge is 2.74. The third kappa shape index (κ3) is 2.29. The Morgan fingerprint density at radius 1 is 1.47 bits per heavy atom. The summed E-state index contributed by atoms with van der Waals surface area (Å²) in [5.41, 5.74) is 0.687. The van der Waals surface area contributed by atoms with Crippen molar-refractivity contribution < 1.29 is 18.3 Å². The topological polar surface area (TPSA) is 38.3 Å². The molecule has 0 saturated heterocycles. The predicted molar refractivity (Wildman–Crippen MR) is 64.8 cm³/mol. The van der Waals surface area contributed by atoms with Crippen molar-refractivity contribution in [2.24, 2.45) is 11.3 Å². The van der Waals surface area contributed by atoms with Gasteiger partial charge in [-0.25, -0.2) is 0 Å². The van der Waals surface area contributed by atoms with E-state index in [4.69, 9.17) is 0 Å². The molecule has 1 N–H and O–H groups in total. The van der Waals surface area contributed by atoms with Gasteiger partial charge in [-0.15, -0.1) is 0 Å². The standard InChI is InChI=1S/C14H15F2NO2/c1-8(17-12(18)14-6-10(14)7-14)9-3-2-4-11(5-9)19-13(15)16/h2-5,8,10,13H,6-7H2,1H3,(H,17,18). The van der Waals surface area contributed by atoms with Crippen LogP contribution < -0.4 is 10.1 Å². The van der Waals surface area contributed by atoms with Gasteiger partial charge in [0.2, 0.25) is 5.91 Å². The number of hydrogen-bond acceptors (Lipinski definition) is 2. The van der Waals surface area contributed by atoms with Gasteiger partial charge in [-0.2, -0.15) is 8.78 Å². The van der Waals surface area contributed by atoms with Gasteiger partial charge in [0.1, 0.15) is 5.75 Å². The Morgan fingerprint density at radius 2 is 2.16 bits per heavy atom. The minimum atomic E-state index is -2.84. The van der Waals surface area contributed by atoms with Gasteiger partial charge in [-0.3, -0.25) is 4.79 Å². The van der Waals surface area contributed by atoms with Crippen LogP contribution in [0, 0.1) is 11.3 Å². The lowest BCUT2D eigenvalue weighted by Gasteiger charge is -2.16. The average Bonchev–Trinajstić information content (AvgIpc) is 3.16. The van der Waals surface area contributed by atoms with Gasteiger partial charge < -0.3 is 10.1 Å². The van der Waals surface area contributed by atoms with E-state index in [9.17, 15) is 13.6 Å². The quantitative estimate of drug-likeness (QED) is 0.890. The molecule has 1 aromatic rings. The Balaban J connectivity index is 1.65. The van der Waals surface area contributed by atoms with E-state index in [0.29, 0.717) is 5.92 Å². The Hall–Kier alpha value is -1.65. The van der Waals surface area contributed by atoms with Crippen molar-refractivity contribution in [2.75, 3.05) is 0 Å². The van der Waals surface area contributed by atoms with Crippen LogP contribution in [-0.2, 0) is 4.79 Å². The number of alkyl halides is 2. The first-order valence-corrected chi connectivity index (χ1v) is 6.37. The first kappa shape index (κ1) is 12.4. The Labute approximate surface area is 109 Å². The molecule has 3 rings (SSSR count). The van der Waals surface area contributed by atoms with Crippen molar-refractivity contribution in [3.63, 3.8) is 0 Å². The number of benzene rings is 1. The van der Waals surface area contributed by atoms with E-state index in [1.165, 1.54) is 12.1 Å². The van der Waals surface area contributed by atoms with E-state index >= 15 is 0 Å². The highest BCUT2D eigenvalue weighted by atomic mass is 19.3. The van der Waals surface area contributed by atoms with Gasteiger partial charge in [0.15, 0.2) is 0 Å². The summed E-state index contributed by atoms with van der Waals surface area (Å²) in [5.74, 6) is 0.792. The van der Waals surface area contributed by atoms with Gasteiger partial charge in [0.05, 0.1) is 11.5 Å². The number of halogens is 2. The van der Waals surface area contributed by atoms with Gasteiger partial charge in [0.25, 0.3) is 0 Å². The maximum absolute atomic E-state index is 12.1. The summed E-state index contributed by atoms with van der Waals surface area (Å²) in [6.07, 6.45) is 2.00. The Kier molecular flexibility index (Phi) is 2.73. The summed E-state index contributed by atoms with van der Waals surface area (Å²) >= 11 is 0. The maximum atomic E-state index is 12.1. The normalized spacial score (nSPS) is 28.5. The molecule has 2 saturated carbocycles. The molecule has 2 aliphatic rings. The summed E-state index contributed by atoms with van der Waals surface area (Å²) in [4.78, 5) is 12.0. The van der Waals surface area contributed by atoms with Crippen LogP contribution >= 0.6 is 0 Å². The fourth-order valence-electron chi connectivity index (χ4n) is 2.46. The first-order chi connectivity index (χ1) is 9.01. The summed E-state index contributed by atoms with van der Waals surface area (Å²) in [7, 11) is 0. The second kappa shape index (κ2) is 4.18. The highest BCUT2D eigenvalue weighted by molar-refractivity contribution is 5.90. The van der Waals surface area contributed by atoms with Crippen molar-refractivity contribution in [1.29, 1.82) is 0 Å². The van der Waals surface area contributed by atoms with E-state index in [-0.39, 0.29) is 23.1 Å². The van der Waals surface area contributed by atoms with Gasteiger partial charge >= 0.3 is 6.61 Å². The summed E-state index contributed by atoms with van der Waals surface area (Å²) in [5, 5.41) is 2.94. The smallest absolute Gasteiger partial charge is 0.387 e. The van der Waals surface area contributed by atoms with Crippen molar-refractivity contribution in [3.8, 4) is 5.75 Å². The number of carbonyl (C=O) groups excluding carboxylic acids is 1. The van der Waals surface area contributed by atoms with Crippen molar-refractivity contribution in [1.82, 2.24) is 5.32 Å². The molecule has 1 unspecified atom stereocenters. The zero-order valence-electron chi connectivity index (χ0n) is 10.5. The zero-order valence-corrected chi connectivity index (χ0v) is 10.5. The largest absolute Gasteiger partial charge is 0.435 e. The SMILES string of the molecule is CC(NC(=O)C12CC1C2)c1cccc(OC(F)F)c1. The second-order valence-electron chi connectivity index (χ2n) is 5.41. The lowest BCUT2D eigenvalue weighted by atomic mass is 10.1. The monoisotopic (exact) mass is 267 g/mol. The highest BCUT2D eigenvalue weighted by Crippen LogP contribution is 2.75. The third-order valence-corrected chi connectivity index (χ3v) is 4.07. The summed E-state index contributed by atoms with van der Waals surface area (Å²) < 4.78 is 28.6. The van der Waals surface area contributed by atoms with Crippen LogP contribution in [0.2, 0.25) is 0 Å². The van der Waals surface area contributed by atoms with Crippen LogP contribution in [0.5, 0.6) is 5.75 Å². The molecule has 2 aliphatic carbocycles. The molecule has 0 radical (unpaired) electrons. The molecule has 0 spiro atoms. The molecular formula is C14H15F2NO2. The van der Waals surface area contributed by atoms with Crippen LogP contribution in [0.25, 0.3) is 0 Å². The van der Waals surface area contributed by atoms with Gasteiger partial charge in [-0.05, 0) is 43.4 Å². The number of ether oxygens (including phenoxy) is 1. The number of nitrogens with one attached hydrogen (secondary N) is 1. The minimum absolute atomic E-state index is 0.0780. The van der Waals surface area contributed by atoms with Crippen LogP contribution in [0.4, 0.5) is 8.78 Å². The molecule has 0 heterocycles. The van der Waals surface area contributed by atoms with Crippen molar-refractivity contribution >= 4 is 5.91 Å². The molecule has 1 atom stereocenters. The fraction of sp³-hybridized carbons (Fsp3) is 0.500. The number of hydrogen-bond donors (Lipinski definition) is 1. The molecule has 0 bridgehead atoms. The summed E-state index contributed by atoms with van der Waals surface area (Å²) in [6.45, 7) is -0.992. The molecular weight excluding hydrogens is 252 g/mol. The van der Waals surface area contributed by atoms with E-state index in [2.05, 4.69) is 10.1 Å². The van der Waals surface area contributed by atoms with Gasteiger partial charge in [-0.1, -0.05) is 12.1 Å². The van der Waals surface area contributed by atoms with Crippen LogP contribution in [0.1, 0.15) is 31.4 Å². The first-order valence-electron chi connectivity index (χ1n) is 6.37. The molecule has 3 nitrogen and oxygen atoms in total. The van der Waals surface area contributed by atoms with E-state index < -0.39 is 6.61 Å². The Morgan fingerprint density at radius 3 is 2.74 bits per heavy atom. The number of amides is 1. The maximum Gasteiger partial charge on any atom is 0.387 e. The molecule has 102 valence electrons. The third-order valence-electron chi connectivity index (χ3n) is 4.07. The number of fused-ring (bicyclic) bond motifs is 1. The minimum Gasteiger partial charge on any atom is -0.435 e. The lowest BCUT2D eigenvalue weighted by molar-refractivity contribution is -0.124. The van der Waals surface area contributed by atoms with Crippen molar-refractivity contribution in [2.45, 2.75) is 32.4 Å². The molecule has 2 fully saturated rings. The molecule has 1 amide bonds.